The smallest absolute Gasteiger partial charge is 0.337 e. The second kappa shape index (κ2) is 6.67. The Kier molecular flexibility index (Phi) is 4.44. The van der Waals surface area contributed by atoms with Crippen LogP contribution in [-0.4, -0.2) is 25.0 Å². The molecule has 0 unspecified atom stereocenters. The van der Waals surface area contributed by atoms with Gasteiger partial charge in [0.2, 0.25) is 5.78 Å². The third-order valence-corrected chi connectivity index (χ3v) is 3.73. The summed E-state index contributed by atoms with van der Waals surface area (Å²) in [6, 6.07) is 14.0. The molecule has 0 atom stereocenters. The van der Waals surface area contributed by atoms with E-state index >= 15 is 0 Å². The predicted octanol–water partition coefficient (Wildman–Crippen LogP) is 3.54. The van der Waals surface area contributed by atoms with Crippen molar-refractivity contribution in [3.63, 3.8) is 0 Å². The fourth-order valence-electron chi connectivity index (χ4n) is 2.22. The van der Waals surface area contributed by atoms with Crippen LogP contribution in [0.1, 0.15) is 15.9 Å². The van der Waals surface area contributed by atoms with Crippen molar-refractivity contribution in [2.45, 2.75) is 0 Å². The van der Waals surface area contributed by atoms with Gasteiger partial charge in [0.25, 0.3) is 0 Å². The number of Topliss-reactive ketones (excluding diaryl/α,β-unsaturated/α-hetero) is 1. The lowest BCUT2D eigenvalue weighted by atomic mass is 10.1. The average Bonchev–Trinajstić information content (AvgIpc) is 2.59. The van der Waals surface area contributed by atoms with Crippen molar-refractivity contribution in [3.8, 4) is 5.75 Å². The van der Waals surface area contributed by atoms with Gasteiger partial charge in [-0.3, -0.25) is 4.79 Å². The maximum atomic E-state index is 12.1. The molecule has 116 valence electrons. The number of benzene rings is 2. The molecule has 3 rings (SSSR count). The van der Waals surface area contributed by atoms with Gasteiger partial charge in [-0.15, -0.1) is 0 Å². The first kappa shape index (κ1) is 15.3. The molecule has 2 aromatic carbocycles. The Morgan fingerprint density at radius 2 is 1.83 bits per heavy atom. The van der Waals surface area contributed by atoms with E-state index in [-0.39, 0.29) is 19.0 Å². The number of esters is 1. The lowest BCUT2D eigenvalue weighted by Gasteiger charge is -2.16. The van der Waals surface area contributed by atoms with E-state index in [1.54, 1.807) is 30.3 Å². The van der Waals surface area contributed by atoms with E-state index in [2.05, 4.69) is 0 Å². The van der Waals surface area contributed by atoms with Crippen molar-refractivity contribution >= 4 is 29.4 Å². The number of para-hydroxylation sites is 1. The first-order valence-electron chi connectivity index (χ1n) is 7.02. The molecule has 0 saturated carbocycles. The number of rotatable bonds is 4. The largest absolute Gasteiger partial charge is 0.488 e. The van der Waals surface area contributed by atoms with Crippen LogP contribution in [0.25, 0.3) is 6.08 Å². The molecule has 0 radical (unpaired) electrons. The highest BCUT2D eigenvalue weighted by atomic mass is 35.5. The van der Waals surface area contributed by atoms with Crippen LogP contribution >= 0.6 is 11.6 Å². The minimum atomic E-state index is -0.570. The molecule has 5 heteroatoms. The van der Waals surface area contributed by atoms with Gasteiger partial charge in [-0.25, -0.2) is 4.79 Å². The maximum absolute atomic E-state index is 12.1. The van der Waals surface area contributed by atoms with E-state index in [1.165, 1.54) is 0 Å². The molecule has 23 heavy (non-hydrogen) atoms. The van der Waals surface area contributed by atoms with Gasteiger partial charge in [-0.1, -0.05) is 41.9 Å². The molecule has 4 nitrogen and oxygen atoms in total. The van der Waals surface area contributed by atoms with Crippen LogP contribution in [0.5, 0.6) is 5.75 Å². The van der Waals surface area contributed by atoms with E-state index in [9.17, 15) is 9.59 Å². The fraction of sp³-hybridized carbons (Fsp3) is 0.111. The zero-order valence-corrected chi connectivity index (χ0v) is 12.9. The molecule has 1 aliphatic heterocycles. The number of carbonyl (C=O) groups excluding carboxylic acids is 2. The first-order chi connectivity index (χ1) is 11.1. The van der Waals surface area contributed by atoms with Crippen LogP contribution in [-0.2, 0) is 9.53 Å². The highest BCUT2D eigenvalue weighted by molar-refractivity contribution is 6.34. The molecule has 1 heterocycles. The van der Waals surface area contributed by atoms with Crippen LogP contribution in [0.3, 0.4) is 0 Å². The molecule has 0 fully saturated rings. The van der Waals surface area contributed by atoms with E-state index in [1.807, 2.05) is 24.3 Å². The molecular formula is C18H13ClO4. The van der Waals surface area contributed by atoms with Crippen molar-refractivity contribution in [1.29, 1.82) is 0 Å². The van der Waals surface area contributed by atoms with Crippen LogP contribution in [0.4, 0.5) is 0 Å². The number of ketones is 1. The van der Waals surface area contributed by atoms with Crippen LogP contribution < -0.4 is 4.74 Å². The van der Waals surface area contributed by atoms with Crippen molar-refractivity contribution in [1.82, 2.24) is 0 Å². The Labute approximate surface area is 138 Å². The summed E-state index contributed by atoms with van der Waals surface area (Å²) in [5.74, 6) is -0.197. The van der Waals surface area contributed by atoms with Crippen LogP contribution in [0.2, 0.25) is 5.02 Å². The summed E-state index contributed by atoms with van der Waals surface area (Å²) in [5, 5.41) is 0.336. The number of carbonyl (C=O) groups is 2. The molecule has 0 aromatic heterocycles. The highest BCUT2D eigenvalue weighted by Gasteiger charge is 2.20. The Balaban J connectivity index is 1.66. The molecule has 0 bridgehead atoms. The maximum Gasteiger partial charge on any atom is 0.337 e. The van der Waals surface area contributed by atoms with Gasteiger partial charge >= 0.3 is 5.97 Å². The third-order valence-electron chi connectivity index (χ3n) is 3.40. The predicted molar refractivity (Wildman–Crippen MR) is 86.7 cm³/mol. The standard InChI is InChI=1S/C18H13ClO4/c19-15-7-3-2-6-14(15)16(20)11-23-18(21)13-9-12-5-1-4-8-17(12)22-10-13/h1-9H,10-11H2. The average molecular weight is 329 g/mol. The number of hydrogen-bond donors (Lipinski definition) is 0. The second-order valence-electron chi connectivity index (χ2n) is 4.98. The van der Waals surface area contributed by atoms with Gasteiger partial charge in [-0.05, 0) is 24.3 Å². The first-order valence-corrected chi connectivity index (χ1v) is 7.40. The number of halogens is 1. The molecule has 0 aliphatic carbocycles. The Bertz CT molecular complexity index is 795. The summed E-state index contributed by atoms with van der Waals surface area (Å²) in [4.78, 5) is 24.1. The van der Waals surface area contributed by atoms with Gasteiger partial charge in [0.15, 0.2) is 6.61 Å². The van der Waals surface area contributed by atoms with Gasteiger partial charge in [0, 0.05) is 11.1 Å². The molecule has 0 spiro atoms. The van der Waals surface area contributed by atoms with E-state index in [4.69, 9.17) is 21.1 Å². The number of ether oxygens (including phenoxy) is 2. The van der Waals surface area contributed by atoms with Crippen molar-refractivity contribution < 1.29 is 19.1 Å². The molecule has 1 aliphatic rings. The van der Waals surface area contributed by atoms with Crippen molar-refractivity contribution in [3.05, 3.63) is 70.3 Å². The van der Waals surface area contributed by atoms with Crippen molar-refractivity contribution in [2.24, 2.45) is 0 Å². The van der Waals surface area contributed by atoms with E-state index in [0.29, 0.717) is 16.2 Å². The summed E-state index contributed by atoms with van der Waals surface area (Å²) >= 11 is 5.95. The van der Waals surface area contributed by atoms with Gasteiger partial charge in [-0.2, -0.15) is 0 Å². The zero-order chi connectivity index (χ0) is 16.2. The molecule has 2 aromatic rings. The normalized spacial score (nSPS) is 12.7. The minimum absolute atomic E-state index is 0.121. The Morgan fingerprint density at radius 3 is 2.65 bits per heavy atom. The number of hydrogen-bond acceptors (Lipinski definition) is 4. The SMILES string of the molecule is O=C(OCC(=O)c1ccccc1Cl)C1=Cc2ccccc2OC1. The lowest BCUT2D eigenvalue weighted by molar-refractivity contribution is -0.138. The Morgan fingerprint density at radius 1 is 1.09 bits per heavy atom. The summed E-state index contributed by atoms with van der Waals surface area (Å²) in [5.41, 5.74) is 1.51. The second-order valence-corrected chi connectivity index (χ2v) is 5.38. The van der Waals surface area contributed by atoms with Crippen molar-refractivity contribution in [2.75, 3.05) is 13.2 Å². The third kappa shape index (κ3) is 3.43. The Hall–Kier alpha value is -2.59. The molecule has 0 N–H and O–H groups in total. The highest BCUT2D eigenvalue weighted by Crippen LogP contribution is 2.26. The topological polar surface area (TPSA) is 52.6 Å². The van der Waals surface area contributed by atoms with Gasteiger partial charge in [0.1, 0.15) is 12.4 Å². The number of fused-ring (bicyclic) bond motifs is 1. The van der Waals surface area contributed by atoms with E-state index < -0.39 is 5.97 Å². The fourth-order valence-corrected chi connectivity index (χ4v) is 2.46. The molecular weight excluding hydrogens is 316 g/mol. The minimum Gasteiger partial charge on any atom is -0.488 e. The molecule has 0 saturated heterocycles. The van der Waals surface area contributed by atoms with Crippen LogP contribution in [0.15, 0.2) is 54.1 Å². The molecule has 0 amide bonds. The van der Waals surface area contributed by atoms with Gasteiger partial charge in [0.05, 0.1) is 10.6 Å². The quantitative estimate of drug-likeness (QED) is 0.636. The summed E-state index contributed by atoms with van der Waals surface area (Å²) in [6.07, 6.45) is 1.71. The monoisotopic (exact) mass is 328 g/mol. The van der Waals surface area contributed by atoms with E-state index in [0.717, 1.165) is 11.3 Å². The van der Waals surface area contributed by atoms with Gasteiger partial charge < -0.3 is 9.47 Å². The summed E-state index contributed by atoms with van der Waals surface area (Å²) < 4.78 is 10.6. The summed E-state index contributed by atoms with van der Waals surface area (Å²) in [6.45, 7) is -0.238. The summed E-state index contributed by atoms with van der Waals surface area (Å²) in [7, 11) is 0. The van der Waals surface area contributed by atoms with Crippen LogP contribution in [0, 0.1) is 0 Å². The zero-order valence-electron chi connectivity index (χ0n) is 12.1. The lowest BCUT2D eigenvalue weighted by Crippen LogP contribution is -2.20.